The first-order chi connectivity index (χ1) is 7.65. The zero-order valence-electron chi connectivity index (χ0n) is 9.13. The lowest BCUT2D eigenvalue weighted by Gasteiger charge is -2.08. The van der Waals surface area contributed by atoms with E-state index in [0.717, 1.165) is 6.42 Å². The van der Waals surface area contributed by atoms with Crippen LogP contribution in [0.25, 0.3) is 0 Å². The highest BCUT2D eigenvalue weighted by Crippen LogP contribution is 2.15. The minimum atomic E-state index is -0.345. The smallest absolute Gasteiger partial charge is 0.146 e. The van der Waals surface area contributed by atoms with Gasteiger partial charge in [-0.2, -0.15) is 0 Å². The average molecular weight is 242 g/mol. The molecular weight excluding hydrogens is 227 g/mol. The molecule has 0 heterocycles. The number of nitrogens with two attached hydrogens (primary N) is 1. The third-order valence-electron chi connectivity index (χ3n) is 2.09. The molecule has 0 atom stereocenters. The van der Waals surface area contributed by atoms with Crippen molar-refractivity contribution >= 4 is 22.9 Å². The van der Waals surface area contributed by atoms with Gasteiger partial charge in [-0.1, -0.05) is 12.2 Å². The Morgan fingerprint density at radius 1 is 1.56 bits per heavy atom. The minimum Gasteiger partial charge on any atom is -0.389 e. The molecule has 3 nitrogen and oxygen atoms in total. The summed E-state index contributed by atoms with van der Waals surface area (Å²) in [6.45, 7) is 1.32. The zero-order chi connectivity index (χ0) is 12.0. The van der Waals surface area contributed by atoms with Crippen molar-refractivity contribution in [3.8, 4) is 0 Å². The summed E-state index contributed by atoms with van der Waals surface area (Å²) in [4.78, 5) is 0.199. The summed E-state index contributed by atoms with van der Waals surface area (Å²) >= 11 is 4.76. The van der Waals surface area contributed by atoms with E-state index in [9.17, 15) is 4.39 Å². The summed E-state index contributed by atoms with van der Waals surface area (Å²) in [6.07, 6.45) is 0.826. The van der Waals surface area contributed by atoms with Crippen molar-refractivity contribution in [2.24, 2.45) is 5.73 Å². The highest BCUT2D eigenvalue weighted by molar-refractivity contribution is 7.80. The van der Waals surface area contributed by atoms with Crippen LogP contribution in [-0.4, -0.2) is 25.2 Å². The van der Waals surface area contributed by atoms with Crippen molar-refractivity contribution in [2.75, 3.05) is 25.6 Å². The van der Waals surface area contributed by atoms with E-state index < -0.39 is 0 Å². The molecule has 0 amide bonds. The number of ether oxygens (including phenoxy) is 1. The summed E-state index contributed by atoms with van der Waals surface area (Å²) in [5, 5.41) is 2.97. The molecule has 0 spiro atoms. The Labute approximate surface area is 99.8 Å². The maximum atomic E-state index is 13.5. The predicted octanol–water partition coefficient (Wildman–Crippen LogP) is 1.91. The van der Waals surface area contributed by atoms with Crippen molar-refractivity contribution in [1.82, 2.24) is 0 Å². The van der Waals surface area contributed by atoms with Crippen molar-refractivity contribution in [3.63, 3.8) is 0 Å². The normalized spacial score (nSPS) is 10.1. The van der Waals surface area contributed by atoms with Crippen molar-refractivity contribution in [2.45, 2.75) is 6.42 Å². The molecule has 0 saturated carbocycles. The molecule has 0 aromatic heterocycles. The topological polar surface area (TPSA) is 47.3 Å². The van der Waals surface area contributed by atoms with Gasteiger partial charge in [0.15, 0.2) is 0 Å². The van der Waals surface area contributed by atoms with E-state index >= 15 is 0 Å². The van der Waals surface area contributed by atoms with Crippen LogP contribution >= 0.6 is 12.2 Å². The number of benzene rings is 1. The molecule has 0 bridgehead atoms. The van der Waals surface area contributed by atoms with E-state index in [-0.39, 0.29) is 10.8 Å². The highest BCUT2D eigenvalue weighted by Gasteiger charge is 2.04. The fourth-order valence-corrected chi connectivity index (χ4v) is 1.38. The first-order valence-corrected chi connectivity index (χ1v) is 5.38. The molecule has 16 heavy (non-hydrogen) atoms. The summed E-state index contributed by atoms with van der Waals surface area (Å²) in [7, 11) is 1.64. The standard InChI is InChI=1S/C11H15FN2OS/c1-15-6-2-5-14-10-4-3-8(11(13)16)7-9(10)12/h3-4,7,14H,2,5-6H2,1H3,(H2,13,16). The molecule has 0 saturated heterocycles. The van der Waals surface area contributed by atoms with Crippen LogP contribution in [0, 0.1) is 5.82 Å². The largest absolute Gasteiger partial charge is 0.389 e. The van der Waals surface area contributed by atoms with Gasteiger partial charge in [-0.05, 0) is 24.6 Å². The van der Waals surface area contributed by atoms with Crippen molar-refractivity contribution < 1.29 is 9.13 Å². The molecule has 5 heteroatoms. The fourth-order valence-electron chi connectivity index (χ4n) is 1.25. The molecule has 0 aliphatic rings. The van der Waals surface area contributed by atoms with Gasteiger partial charge in [0.1, 0.15) is 10.8 Å². The molecule has 1 aromatic rings. The molecular formula is C11H15FN2OS. The number of hydrogen-bond donors (Lipinski definition) is 2. The molecule has 1 aromatic carbocycles. The lowest BCUT2D eigenvalue weighted by Crippen LogP contribution is -2.11. The van der Waals surface area contributed by atoms with E-state index in [1.54, 1.807) is 19.2 Å². The molecule has 0 unspecified atom stereocenters. The Bertz CT molecular complexity index is 371. The monoisotopic (exact) mass is 242 g/mol. The molecule has 88 valence electrons. The van der Waals surface area contributed by atoms with Crippen LogP contribution in [0.2, 0.25) is 0 Å². The van der Waals surface area contributed by atoms with Gasteiger partial charge < -0.3 is 15.8 Å². The molecule has 1 rings (SSSR count). The number of methoxy groups -OCH3 is 1. The van der Waals surface area contributed by atoms with E-state index in [1.165, 1.54) is 6.07 Å². The average Bonchev–Trinajstić information content (AvgIpc) is 2.26. The number of rotatable bonds is 6. The fraction of sp³-hybridized carbons (Fsp3) is 0.364. The van der Waals surface area contributed by atoms with Crippen LogP contribution in [-0.2, 0) is 4.74 Å². The summed E-state index contributed by atoms with van der Waals surface area (Å²) < 4.78 is 18.4. The Hall–Kier alpha value is -1.20. The van der Waals surface area contributed by atoms with Gasteiger partial charge >= 0.3 is 0 Å². The van der Waals surface area contributed by atoms with Gasteiger partial charge in [0.2, 0.25) is 0 Å². The Morgan fingerprint density at radius 2 is 2.31 bits per heavy atom. The SMILES string of the molecule is COCCCNc1ccc(C(N)=S)cc1F. The third kappa shape index (κ3) is 3.75. The lowest BCUT2D eigenvalue weighted by atomic mass is 10.2. The second-order valence-electron chi connectivity index (χ2n) is 3.33. The van der Waals surface area contributed by atoms with Gasteiger partial charge in [-0.15, -0.1) is 0 Å². The number of nitrogens with one attached hydrogen (secondary N) is 1. The van der Waals surface area contributed by atoms with E-state index in [1.807, 2.05) is 0 Å². The van der Waals surface area contributed by atoms with E-state index in [4.69, 9.17) is 22.7 Å². The Morgan fingerprint density at radius 3 is 2.88 bits per heavy atom. The van der Waals surface area contributed by atoms with E-state index in [2.05, 4.69) is 5.32 Å². The van der Waals surface area contributed by atoms with Crippen LogP contribution in [0.15, 0.2) is 18.2 Å². The molecule has 3 N–H and O–H groups in total. The van der Waals surface area contributed by atoms with Crippen LogP contribution in [0.1, 0.15) is 12.0 Å². The highest BCUT2D eigenvalue weighted by atomic mass is 32.1. The lowest BCUT2D eigenvalue weighted by molar-refractivity contribution is 0.197. The number of anilines is 1. The van der Waals surface area contributed by atoms with Gasteiger partial charge in [-0.25, -0.2) is 4.39 Å². The van der Waals surface area contributed by atoms with Gasteiger partial charge in [0.25, 0.3) is 0 Å². The first-order valence-electron chi connectivity index (χ1n) is 4.97. The molecule has 0 radical (unpaired) electrons. The molecule has 0 fully saturated rings. The summed E-state index contributed by atoms with van der Waals surface area (Å²) in [5.74, 6) is -0.345. The summed E-state index contributed by atoms with van der Waals surface area (Å²) in [6, 6.07) is 4.67. The second-order valence-corrected chi connectivity index (χ2v) is 3.77. The van der Waals surface area contributed by atoms with Gasteiger partial charge in [0.05, 0.1) is 5.69 Å². The van der Waals surface area contributed by atoms with Crippen LogP contribution in [0.3, 0.4) is 0 Å². The summed E-state index contributed by atoms with van der Waals surface area (Å²) in [5.41, 5.74) is 6.39. The maximum absolute atomic E-state index is 13.5. The Balaban J connectivity index is 2.57. The quantitative estimate of drug-likeness (QED) is 0.591. The predicted molar refractivity (Wildman–Crippen MR) is 67.3 cm³/mol. The molecule has 0 aliphatic carbocycles. The van der Waals surface area contributed by atoms with Crippen molar-refractivity contribution in [1.29, 1.82) is 0 Å². The Kier molecular flexibility index (Phi) is 5.14. The minimum absolute atomic E-state index is 0.199. The van der Waals surface area contributed by atoms with Crippen molar-refractivity contribution in [3.05, 3.63) is 29.6 Å². The van der Waals surface area contributed by atoms with Gasteiger partial charge in [-0.3, -0.25) is 0 Å². The van der Waals surface area contributed by atoms with Crippen LogP contribution in [0.4, 0.5) is 10.1 Å². The van der Waals surface area contributed by atoms with Gasteiger partial charge in [0, 0.05) is 25.8 Å². The maximum Gasteiger partial charge on any atom is 0.146 e. The van der Waals surface area contributed by atoms with Crippen LogP contribution < -0.4 is 11.1 Å². The third-order valence-corrected chi connectivity index (χ3v) is 2.33. The first kappa shape index (κ1) is 12.9. The van der Waals surface area contributed by atoms with E-state index in [0.29, 0.717) is 24.4 Å². The number of thiocarbonyl (C=S) groups is 1. The number of halogens is 1. The number of hydrogen-bond acceptors (Lipinski definition) is 3. The molecule has 0 aliphatic heterocycles. The van der Waals surface area contributed by atoms with Crippen LogP contribution in [0.5, 0.6) is 0 Å². The second kappa shape index (κ2) is 6.40. The zero-order valence-corrected chi connectivity index (χ0v) is 9.94.